The molecule has 1 amide bonds. The quantitative estimate of drug-likeness (QED) is 0.753. The molecule has 0 radical (unpaired) electrons. The molecule has 8 nitrogen and oxygen atoms in total. The van der Waals surface area contributed by atoms with E-state index in [9.17, 15) is 14.7 Å². The van der Waals surface area contributed by atoms with Crippen LogP contribution in [-0.2, 0) is 0 Å². The van der Waals surface area contributed by atoms with Gasteiger partial charge in [0.1, 0.15) is 10.7 Å². The molecular formula is C21H29N5O3S. The Kier molecular flexibility index (Phi) is 6.19. The molecule has 0 spiro atoms. The Morgan fingerprint density at radius 3 is 2.77 bits per heavy atom. The Hall–Kier alpha value is -2.26. The first kappa shape index (κ1) is 21.0. The van der Waals surface area contributed by atoms with Gasteiger partial charge in [-0.2, -0.15) is 5.10 Å². The molecule has 3 heterocycles. The second kappa shape index (κ2) is 8.85. The van der Waals surface area contributed by atoms with Gasteiger partial charge in [-0.1, -0.05) is 0 Å². The molecule has 2 fully saturated rings. The molecule has 0 bridgehead atoms. The zero-order valence-corrected chi connectivity index (χ0v) is 18.3. The van der Waals surface area contributed by atoms with Crippen LogP contribution < -0.4 is 15.8 Å². The standard InChI is InChI=1S/C21H29N5O3S/c1-13-20(30-14(2)23-13)21(29)22-12-15-6-3-4-11-25(15)18-9-10-19(28)26(24-18)16-7-5-8-17(16)27/h9-10,15-17,27H,3-8,11-12H2,1-2H3,(H,22,29). The zero-order chi connectivity index (χ0) is 21.3. The monoisotopic (exact) mass is 431 g/mol. The van der Waals surface area contributed by atoms with Crippen molar-refractivity contribution in [3.05, 3.63) is 38.1 Å². The van der Waals surface area contributed by atoms with Gasteiger partial charge in [-0.3, -0.25) is 9.59 Å². The number of nitrogens with one attached hydrogen (secondary N) is 1. The maximum atomic E-state index is 12.6. The summed E-state index contributed by atoms with van der Waals surface area (Å²) in [5.74, 6) is 0.646. The molecular weight excluding hydrogens is 402 g/mol. The first-order valence-corrected chi connectivity index (χ1v) is 11.5. The largest absolute Gasteiger partial charge is 0.391 e. The third-order valence-corrected chi connectivity index (χ3v) is 7.17. The number of aliphatic hydroxyl groups is 1. The Morgan fingerprint density at radius 1 is 1.23 bits per heavy atom. The van der Waals surface area contributed by atoms with E-state index in [2.05, 4.69) is 20.3 Å². The number of carbonyl (C=O) groups is 1. The molecule has 3 atom stereocenters. The van der Waals surface area contributed by atoms with Crippen LogP contribution in [0.25, 0.3) is 0 Å². The van der Waals surface area contributed by atoms with Gasteiger partial charge < -0.3 is 15.3 Å². The number of amides is 1. The van der Waals surface area contributed by atoms with Crippen molar-refractivity contribution in [1.29, 1.82) is 0 Å². The lowest BCUT2D eigenvalue weighted by atomic mass is 10.0. The lowest BCUT2D eigenvalue weighted by Crippen LogP contribution is -2.48. The first-order chi connectivity index (χ1) is 14.4. The fourth-order valence-electron chi connectivity index (χ4n) is 4.56. The van der Waals surface area contributed by atoms with E-state index in [1.807, 2.05) is 13.8 Å². The number of thiazole rings is 1. The molecule has 1 aliphatic carbocycles. The fraction of sp³-hybridized carbons (Fsp3) is 0.619. The third-order valence-electron chi connectivity index (χ3n) is 6.10. The molecule has 3 unspecified atom stereocenters. The zero-order valence-electron chi connectivity index (χ0n) is 17.5. The maximum Gasteiger partial charge on any atom is 0.267 e. The minimum atomic E-state index is -0.520. The SMILES string of the molecule is Cc1nc(C)c(C(=O)NCC2CCCCN2c2ccc(=O)n(C3CCCC3O)n2)s1. The van der Waals surface area contributed by atoms with E-state index in [4.69, 9.17) is 0 Å². The summed E-state index contributed by atoms with van der Waals surface area (Å²) in [5, 5.41) is 18.8. The van der Waals surface area contributed by atoms with Crippen molar-refractivity contribution in [3.8, 4) is 0 Å². The second-order valence-corrected chi connectivity index (χ2v) is 9.44. The van der Waals surface area contributed by atoms with E-state index in [0.29, 0.717) is 17.8 Å². The minimum Gasteiger partial charge on any atom is -0.391 e. The van der Waals surface area contributed by atoms with Gasteiger partial charge in [-0.05, 0) is 58.4 Å². The van der Waals surface area contributed by atoms with Crippen LogP contribution in [0.1, 0.15) is 64.9 Å². The smallest absolute Gasteiger partial charge is 0.267 e. The van der Waals surface area contributed by atoms with Gasteiger partial charge in [0, 0.05) is 25.2 Å². The molecule has 2 aromatic heterocycles. The number of hydrogen-bond donors (Lipinski definition) is 2. The number of carbonyl (C=O) groups excluding carboxylic acids is 1. The van der Waals surface area contributed by atoms with Crippen LogP contribution in [0.4, 0.5) is 5.82 Å². The Morgan fingerprint density at radius 2 is 2.07 bits per heavy atom. The number of piperidine rings is 1. The van der Waals surface area contributed by atoms with Crippen molar-refractivity contribution in [2.45, 2.75) is 70.6 Å². The average molecular weight is 432 g/mol. The highest BCUT2D eigenvalue weighted by molar-refractivity contribution is 7.13. The number of anilines is 1. The van der Waals surface area contributed by atoms with Gasteiger partial charge in [0.25, 0.3) is 11.5 Å². The van der Waals surface area contributed by atoms with Gasteiger partial charge in [-0.15, -0.1) is 11.3 Å². The molecule has 1 saturated heterocycles. The van der Waals surface area contributed by atoms with Crippen LogP contribution in [0.3, 0.4) is 0 Å². The van der Waals surface area contributed by atoms with E-state index >= 15 is 0 Å². The highest BCUT2D eigenvalue weighted by Crippen LogP contribution is 2.29. The summed E-state index contributed by atoms with van der Waals surface area (Å²) in [4.78, 5) is 32.2. The van der Waals surface area contributed by atoms with Gasteiger partial charge in [0.2, 0.25) is 0 Å². The number of hydrogen-bond acceptors (Lipinski definition) is 7. The van der Waals surface area contributed by atoms with E-state index in [1.54, 1.807) is 12.1 Å². The fourth-order valence-corrected chi connectivity index (χ4v) is 5.40. The molecule has 4 rings (SSSR count). The summed E-state index contributed by atoms with van der Waals surface area (Å²) in [6.45, 7) is 5.11. The predicted molar refractivity (Wildman–Crippen MR) is 116 cm³/mol. The predicted octanol–water partition coefficient (Wildman–Crippen LogP) is 2.19. The highest BCUT2D eigenvalue weighted by atomic mass is 32.1. The first-order valence-electron chi connectivity index (χ1n) is 10.7. The van der Waals surface area contributed by atoms with Crippen molar-refractivity contribution in [3.63, 3.8) is 0 Å². The van der Waals surface area contributed by atoms with Crippen LogP contribution in [0.2, 0.25) is 0 Å². The molecule has 2 aromatic rings. The summed E-state index contributed by atoms with van der Waals surface area (Å²) in [6.07, 6.45) is 4.95. The van der Waals surface area contributed by atoms with E-state index in [-0.39, 0.29) is 23.6 Å². The van der Waals surface area contributed by atoms with Gasteiger partial charge in [-0.25, -0.2) is 9.67 Å². The van der Waals surface area contributed by atoms with E-state index in [0.717, 1.165) is 55.2 Å². The Balaban J connectivity index is 1.50. The van der Waals surface area contributed by atoms with E-state index in [1.165, 1.54) is 16.0 Å². The van der Waals surface area contributed by atoms with Crippen molar-refractivity contribution in [1.82, 2.24) is 20.1 Å². The van der Waals surface area contributed by atoms with Gasteiger partial charge in [0.05, 0.1) is 22.8 Å². The number of aromatic nitrogens is 3. The van der Waals surface area contributed by atoms with Crippen LogP contribution in [-0.4, -0.2) is 51.0 Å². The van der Waals surface area contributed by atoms with Crippen molar-refractivity contribution in [2.24, 2.45) is 0 Å². The van der Waals surface area contributed by atoms with Gasteiger partial charge in [0.15, 0.2) is 0 Å². The normalized spacial score (nSPS) is 24.2. The molecule has 2 N–H and O–H groups in total. The number of nitrogens with zero attached hydrogens (tertiary/aromatic N) is 4. The van der Waals surface area contributed by atoms with Crippen molar-refractivity contribution >= 4 is 23.1 Å². The summed E-state index contributed by atoms with van der Waals surface area (Å²) in [5.41, 5.74) is 0.585. The lowest BCUT2D eigenvalue weighted by molar-refractivity contribution is 0.0952. The van der Waals surface area contributed by atoms with E-state index < -0.39 is 6.10 Å². The molecule has 1 aliphatic heterocycles. The third kappa shape index (κ3) is 4.27. The molecule has 0 aromatic carbocycles. The van der Waals surface area contributed by atoms with Crippen molar-refractivity contribution < 1.29 is 9.90 Å². The molecule has 1 saturated carbocycles. The average Bonchev–Trinajstić information content (AvgIpc) is 3.31. The Labute approximate surface area is 179 Å². The summed E-state index contributed by atoms with van der Waals surface area (Å²) in [6, 6.07) is 3.17. The summed E-state index contributed by atoms with van der Waals surface area (Å²) < 4.78 is 1.46. The van der Waals surface area contributed by atoms with Crippen molar-refractivity contribution in [2.75, 3.05) is 18.0 Å². The minimum absolute atomic E-state index is 0.0874. The number of aliphatic hydroxyl groups excluding tert-OH is 1. The van der Waals surface area contributed by atoms with Crippen LogP contribution in [0.15, 0.2) is 16.9 Å². The molecule has 162 valence electrons. The summed E-state index contributed by atoms with van der Waals surface area (Å²) >= 11 is 1.41. The van der Waals surface area contributed by atoms with Gasteiger partial charge >= 0.3 is 0 Å². The number of aryl methyl sites for hydroxylation is 2. The number of rotatable bonds is 5. The topological polar surface area (TPSA) is 100 Å². The van der Waals surface area contributed by atoms with Crippen LogP contribution in [0, 0.1) is 13.8 Å². The summed E-state index contributed by atoms with van der Waals surface area (Å²) in [7, 11) is 0. The van der Waals surface area contributed by atoms with Crippen LogP contribution >= 0.6 is 11.3 Å². The molecule has 30 heavy (non-hydrogen) atoms. The molecule has 2 aliphatic rings. The lowest BCUT2D eigenvalue weighted by Gasteiger charge is -2.37. The Bertz CT molecular complexity index is 972. The second-order valence-electron chi connectivity index (χ2n) is 8.24. The molecule has 9 heteroatoms. The highest BCUT2D eigenvalue weighted by Gasteiger charge is 2.30. The maximum absolute atomic E-state index is 12.6. The van der Waals surface area contributed by atoms with Crippen LogP contribution in [0.5, 0.6) is 0 Å².